The van der Waals surface area contributed by atoms with E-state index >= 15 is 0 Å². The lowest BCUT2D eigenvalue weighted by atomic mass is 10.1. The molecule has 0 bridgehead atoms. The Morgan fingerprint density at radius 3 is 2.29 bits per heavy atom. The molecule has 3 aromatic rings. The van der Waals surface area contributed by atoms with Gasteiger partial charge < -0.3 is 5.73 Å². The highest BCUT2D eigenvalue weighted by Crippen LogP contribution is 2.32. The van der Waals surface area contributed by atoms with Gasteiger partial charge in [-0.15, -0.1) is 5.10 Å². The number of halogens is 5. The van der Waals surface area contributed by atoms with Gasteiger partial charge in [-0.3, -0.25) is 0 Å². The molecule has 4 nitrogen and oxygen atoms in total. The minimum Gasteiger partial charge on any atom is -0.382 e. The standard InChI is InChI=1S/C15H9ClF4N4/c16-10-4-1-8(2-5-10)13-14(21)24(23-22-13)12-6-3-9(7-11(12)17)15(18,19)20/h1-7H,21H2. The van der Waals surface area contributed by atoms with Gasteiger partial charge in [0.05, 0.1) is 5.56 Å². The molecular formula is C15H9ClF4N4. The van der Waals surface area contributed by atoms with Crippen LogP contribution in [0.3, 0.4) is 0 Å². The van der Waals surface area contributed by atoms with Crippen molar-refractivity contribution in [1.82, 2.24) is 15.0 Å². The molecule has 3 rings (SSSR count). The summed E-state index contributed by atoms with van der Waals surface area (Å²) in [6.45, 7) is 0. The zero-order valence-electron chi connectivity index (χ0n) is 11.9. The molecule has 0 aliphatic heterocycles. The van der Waals surface area contributed by atoms with Crippen molar-refractivity contribution in [2.24, 2.45) is 0 Å². The summed E-state index contributed by atoms with van der Waals surface area (Å²) in [5.74, 6) is -1.11. The number of anilines is 1. The van der Waals surface area contributed by atoms with Gasteiger partial charge >= 0.3 is 6.18 Å². The largest absolute Gasteiger partial charge is 0.416 e. The molecule has 0 radical (unpaired) electrons. The average molecular weight is 357 g/mol. The van der Waals surface area contributed by atoms with E-state index in [9.17, 15) is 17.6 Å². The van der Waals surface area contributed by atoms with Crippen LogP contribution in [0, 0.1) is 5.82 Å². The molecule has 0 fully saturated rings. The van der Waals surface area contributed by atoms with Gasteiger partial charge in [0.25, 0.3) is 0 Å². The fourth-order valence-corrected chi connectivity index (χ4v) is 2.26. The molecule has 9 heteroatoms. The van der Waals surface area contributed by atoms with E-state index in [4.69, 9.17) is 17.3 Å². The lowest BCUT2D eigenvalue weighted by molar-refractivity contribution is -0.137. The Balaban J connectivity index is 2.04. The maximum absolute atomic E-state index is 14.0. The highest BCUT2D eigenvalue weighted by atomic mass is 35.5. The Hall–Kier alpha value is -2.61. The summed E-state index contributed by atoms with van der Waals surface area (Å²) in [4.78, 5) is 0. The lowest BCUT2D eigenvalue weighted by Gasteiger charge is -2.09. The number of nitrogen functional groups attached to an aromatic ring is 1. The summed E-state index contributed by atoms with van der Waals surface area (Å²) in [6.07, 6.45) is -4.64. The van der Waals surface area contributed by atoms with Gasteiger partial charge in [0.1, 0.15) is 17.2 Å². The smallest absolute Gasteiger partial charge is 0.382 e. The Morgan fingerprint density at radius 2 is 1.71 bits per heavy atom. The second-order valence-electron chi connectivity index (χ2n) is 4.91. The molecule has 1 heterocycles. The minimum absolute atomic E-state index is 0.00372. The molecule has 0 unspecified atom stereocenters. The van der Waals surface area contributed by atoms with Crippen LogP contribution in [0.15, 0.2) is 42.5 Å². The maximum Gasteiger partial charge on any atom is 0.416 e. The number of alkyl halides is 3. The van der Waals surface area contributed by atoms with Crippen LogP contribution >= 0.6 is 11.6 Å². The van der Waals surface area contributed by atoms with E-state index < -0.39 is 17.6 Å². The lowest BCUT2D eigenvalue weighted by Crippen LogP contribution is -2.09. The number of rotatable bonds is 2. The predicted molar refractivity (Wildman–Crippen MR) is 81.2 cm³/mol. The quantitative estimate of drug-likeness (QED) is 0.695. The van der Waals surface area contributed by atoms with E-state index in [1.165, 1.54) is 0 Å². The summed E-state index contributed by atoms with van der Waals surface area (Å²) >= 11 is 5.80. The van der Waals surface area contributed by atoms with E-state index in [-0.39, 0.29) is 17.2 Å². The summed E-state index contributed by atoms with van der Waals surface area (Å²) in [5, 5.41) is 8.10. The fraction of sp³-hybridized carbons (Fsp3) is 0.0667. The Bertz CT molecular complexity index is 887. The van der Waals surface area contributed by atoms with Gasteiger partial charge in [-0.1, -0.05) is 28.9 Å². The molecule has 0 atom stereocenters. The monoisotopic (exact) mass is 356 g/mol. The van der Waals surface area contributed by atoms with Gasteiger partial charge in [0, 0.05) is 10.6 Å². The molecule has 0 amide bonds. The number of nitrogens with two attached hydrogens (primary N) is 1. The van der Waals surface area contributed by atoms with Crippen molar-refractivity contribution in [1.29, 1.82) is 0 Å². The van der Waals surface area contributed by atoms with Gasteiger partial charge in [-0.05, 0) is 30.3 Å². The Labute approximate surface area is 138 Å². The molecule has 0 aliphatic carbocycles. The normalized spacial score (nSPS) is 11.7. The van der Waals surface area contributed by atoms with Crippen LogP contribution in [-0.2, 0) is 6.18 Å². The first-order valence-electron chi connectivity index (χ1n) is 6.61. The zero-order valence-corrected chi connectivity index (χ0v) is 12.6. The van der Waals surface area contributed by atoms with Gasteiger partial charge in [-0.2, -0.15) is 17.9 Å². The highest BCUT2D eigenvalue weighted by Gasteiger charge is 2.31. The third kappa shape index (κ3) is 2.92. The van der Waals surface area contributed by atoms with E-state index in [0.717, 1.165) is 16.8 Å². The third-order valence-corrected chi connectivity index (χ3v) is 3.58. The summed E-state index contributed by atoms with van der Waals surface area (Å²) in [7, 11) is 0. The first-order valence-corrected chi connectivity index (χ1v) is 6.99. The second kappa shape index (κ2) is 5.79. The maximum atomic E-state index is 14.0. The molecule has 1 aromatic heterocycles. The molecular weight excluding hydrogens is 348 g/mol. The molecule has 2 N–H and O–H groups in total. The summed E-state index contributed by atoms with van der Waals surface area (Å²) in [5.41, 5.74) is 5.45. The molecule has 0 saturated heterocycles. The fourth-order valence-electron chi connectivity index (χ4n) is 2.14. The SMILES string of the molecule is Nc1c(-c2ccc(Cl)cc2)nnn1-c1ccc(C(F)(F)F)cc1F. The number of aromatic nitrogens is 3. The van der Waals surface area contributed by atoms with E-state index in [1.54, 1.807) is 24.3 Å². The number of benzene rings is 2. The van der Waals surface area contributed by atoms with Crippen LogP contribution < -0.4 is 5.73 Å². The molecule has 0 spiro atoms. The van der Waals surface area contributed by atoms with Crippen LogP contribution in [0.2, 0.25) is 5.02 Å². The van der Waals surface area contributed by atoms with Crippen LogP contribution in [0.4, 0.5) is 23.4 Å². The Kier molecular flexibility index (Phi) is 3.92. The van der Waals surface area contributed by atoms with Crippen molar-refractivity contribution >= 4 is 17.4 Å². The molecule has 0 saturated carbocycles. The van der Waals surface area contributed by atoms with Crippen LogP contribution in [0.25, 0.3) is 16.9 Å². The first kappa shape index (κ1) is 16.3. The summed E-state index contributed by atoms with van der Waals surface area (Å²) < 4.78 is 52.8. The van der Waals surface area contributed by atoms with Crippen molar-refractivity contribution in [2.45, 2.75) is 6.18 Å². The average Bonchev–Trinajstić information content (AvgIpc) is 2.89. The van der Waals surface area contributed by atoms with E-state index in [0.29, 0.717) is 16.7 Å². The van der Waals surface area contributed by atoms with E-state index in [1.807, 2.05) is 0 Å². The molecule has 2 aromatic carbocycles. The molecule has 124 valence electrons. The van der Waals surface area contributed by atoms with E-state index in [2.05, 4.69) is 10.3 Å². The number of nitrogens with zero attached hydrogens (tertiary/aromatic N) is 3. The Morgan fingerprint density at radius 1 is 1.04 bits per heavy atom. The van der Waals surface area contributed by atoms with Crippen LogP contribution in [0.1, 0.15) is 5.56 Å². The second-order valence-corrected chi connectivity index (χ2v) is 5.34. The zero-order chi connectivity index (χ0) is 17.5. The number of hydrogen-bond donors (Lipinski definition) is 1. The minimum atomic E-state index is -4.64. The summed E-state index contributed by atoms with van der Waals surface area (Å²) in [6, 6.07) is 8.63. The topological polar surface area (TPSA) is 56.7 Å². The van der Waals surface area contributed by atoms with Gasteiger partial charge in [-0.25, -0.2) is 4.39 Å². The first-order chi connectivity index (χ1) is 11.3. The third-order valence-electron chi connectivity index (χ3n) is 3.33. The van der Waals surface area contributed by atoms with Gasteiger partial charge in [0.15, 0.2) is 5.82 Å². The van der Waals surface area contributed by atoms with Crippen molar-refractivity contribution < 1.29 is 17.6 Å². The molecule has 24 heavy (non-hydrogen) atoms. The van der Waals surface area contributed by atoms with Crippen molar-refractivity contribution in [3.05, 3.63) is 58.9 Å². The number of hydrogen-bond acceptors (Lipinski definition) is 3. The molecule has 0 aliphatic rings. The van der Waals surface area contributed by atoms with Crippen molar-refractivity contribution in [3.8, 4) is 16.9 Å². The predicted octanol–water partition coefficient (Wildman–Crippen LogP) is 4.33. The van der Waals surface area contributed by atoms with Crippen molar-refractivity contribution in [2.75, 3.05) is 5.73 Å². The van der Waals surface area contributed by atoms with Crippen LogP contribution in [0.5, 0.6) is 0 Å². The highest BCUT2D eigenvalue weighted by molar-refractivity contribution is 6.30. The van der Waals surface area contributed by atoms with Crippen molar-refractivity contribution in [3.63, 3.8) is 0 Å². The van der Waals surface area contributed by atoms with Crippen LogP contribution in [-0.4, -0.2) is 15.0 Å². The van der Waals surface area contributed by atoms with Gasteiger partial charge in [0.2, 0.25) is 0 Å².